The summed E-state index contributed by atoms with van der Waals surface area (Å²) in [5.41, 5.74) is 0. The van der Waals surface area contributed by atoms with E-state index in [-0.39, 0.29) is 0 Å². The van der Waals surface area contributed by atoms with Crippen LogP contribution in [0.5, 0.6) is 0 Å². The predicted molar refractivity (Wildman–Crippen MR) is 51.3 cm³/mol. The van der Waals surface area contributed by atoms with Gasteiger partial charge in [0.25, 0.3) is 0 Å². The smallest absolute Gasteiger partial charge is 0.181 e. The lowest BCUT2D eigenvalue weighted by molar-refractivity contribution is -0.917. The Kier molecular flexibility index (Phi) is 4.03. The van der Waals surface area contributed by atoms with E-state index in [9.17, 15) is 0 Å². The van der Waals surface area contributed by atoms with E-state index in [1.54, 1.807) is 0 Å². The molecule has 2 N–H and O–H groups in total. The summed E-state index contributed by atoms with van der Waals surface area (Å²) in [5.74, 6) is 0. The summed E-state index contributed by atoms with van der Waals surface area (Å²) >= 11 is 0. The van der Waals surface area contributed by atoms with Crippen LogP contribution in [0.25, 0.3) is 0 Å². The molecule has 1 fully saturated rings. The fourth-order valence-electron chi connectivity index (χ4n) is 2.02. The molecule has 1 aliphatic rings. The van der Waals surface area contributed by atoms with Gasteiger partial charge in [0.1, 0.15) is 0 Å². The third-order valence-electron chi connectivity index (χ3n) is 2.80. The molecule has 1 rings (SSSR count). The fourth-order valence-corrected chi connectivity index (χ4v) is 2.02. The quantitative estimate of drug-likeness (QED) is 0.273. The minimum Gasteiger partial charge on any atom is -0.318 e. The molecule has 0 saturated carbocycles. The molecular weight excluding hydrogens is 178 g/mol. The molecule has 0 bridgehead atoms. The van der Waals surface area contributed by atoms with E-state index in [2.05, 4.69) is 10.6 Å². The Morgan fingerprint density at radius 3 is 2.29 bits per heavy atom. The van der Waals surface area contributed by atoms with Gasteiger partial charge in [-0.05, 0) is 0 Å². The lowest BCUT2D eigenvalue weighted by atomic mass is 10.4. The minimum absolute atomic E-state index is 0.698. The summed E-state index contributed by atoms with van der Waals surface area (Å²) in [6, 6.07) is 0. The third kappa shape index (κ3) is 2.79. The third-order valence-corrected chi connectivity index (χ3v) is 2.80. The number of rotatable bonds is 5. The maximum Gasteiger partial charge on any atom is 0.181 e. The first-order chi connectivity index (χ1) is 6.83. The Balaban J connectivity index is 2.37. The summed E-state index contributed by atoms with van der Waals surface area (Å²) in [6.07, 6.45) is 6.32. The predicted octanol–water partition coefficient (Wildman–Crippen LogP) is -0.304. The summed E-state index contributed by atoms with van der Waals surface area (Å²) in [4.78, 5) is 0. The van der Waals surface area contributed by atoms with E-state index < -0.39 is 0 Å². The molecule has 1 saturated heterocycles. The Hall–Kier alpha value is -1.46. The second-order valence-corrected chi connectivity index (χ2v) is 3.70. The monoisotopic (exact) mass is 194 g/mol. The highest BCUT2D eigenvalue weighted by atomic mass is 15.4. The van der Waals surface area contributed by atoms with Gasteiger partial charge in [0.05, 0.1) is 26.2 Å². The van der Waals surface area contributed by atoms with Crippen LogP contribution in [-0.4, -0.2) is 37.3 Å². The van der Waals surface area contributed by atoms with E-state index in [1.807, 2.05) is 12.4 Å². The number of nitrogens with zero attached hydrogens (tertiary/aromatic N) is 3. The van der Waals surface area contributed by atoms with E-state index in [0.29, 0.717) is 13.2 Å². The summed E-state index contributed by atoms with van der Waals surface area (Å²) in [7, 11) is 0. The van der Waals surface area contributed by atoms with Gasteiger partial charge in [-0.1, -0.05) is 0 Å². The molecule has 0 radical (unpaired) electrons. The summed E-state index contributed by atoms with van der Waals surface area (Å²) in [5, 5.41) is 22.2. The highest BCUT2D eigenvalue weighted by molar-refractivity contribution is 4.67. The molecule has 0 aromatic heterocycles. The van der Waals surface area contributed by atoms with Crippen molar-refractivity contribution in [2.75, 3.05) is 32.8 Å². The highest BCUT2D eigenvalue weighted by Gasteiger charge is 2.30. The number of hydrogen-bond donors (Lipinski definition) is 2. The van der Waals surface area contributed by atoms with Crippen LogP contribution >= 0.6 is 0 Å². The molecule has 1 aliphatic heterocycles. The van der Waals surface area contributed by atoms with Crippen LogP contribution < -0.4 is 10.6 Å². The Bertz CT molecular complexity index is 243. The lowest BCUT2D eigenvalue weighted by Gasteiger charge is -2.33. The van der Waals surface area contributed by atoms with Crippen molar-refractivity contribution in [1.29, 1.82) is 10.5 Å². The van der Waals surface area contributed by atoms with Crippen molar-refractivity contribution in [3.05, 3.63) is 0 Å². The molecule has 0 aromatic rings. The van der Waals surface area contributed by atoms with Gasteiger partial charge >= 0.3 is 0 Å². The zero-order chi connectivity index (χ0) is 10.3. The molecular formula is C9H16N5+. The van der Waals surface area contributed by atoms with Crippen LogP contribution in [0.2, 0.25) is 0 Å². The molecule has 0 amide bonds. The number of hydrogen-bond acceptors (Lipinski definition) is 4. The molecule has 5 nitrogen and oxygen atoms in total. The van der Waals surface area contributed by atoms with Crippen LogP contribution in [0.15, 0.2) is 0 Å². The van der Waals surface area contributed by atoms with E-state index in [1.165, 1.54) is 12.8 Å². The number of nitrogens with one attached hydrogen (secondary N) is 2. The Morgan fingerprint density at radius 1 is 1.07 bits per heavy atom. The molecule has 76 valence electrons. The fraction of sp³-hybridized carbons (Fsp3) is 0.778. The van der Waals surface area contributed by atoms with Crippen molar-refractivity contribution in [2.24, 2.45) is 0 Å². The molecule has 0 unspecified atom stereocenters. The van der Waals surface area contributed by atoms with Gasteiger partial charge < -0.3 is 9.80 Å². The van der Waals surface area contributed by atoms with Crippen molar-refractivity contribution in [1.82, 2.24) is 10.6 Å². The molecule has 14 heavy (non-hydrogen) atoms. The average molecular weight is 194 g/mol. The van der Waals surface area contributed by atoms with Crippen LogP contribution in [-0.2, 0) is 0 Å². The molecule has 1 heterocycles. The van der Waals surface area contributed by atoms with Crippen LogP contribution in [0.4, 0.5) is 0 Å². The maximum absolute atomic E-state index is 8.47. The minimum atomic E-state index is 0.698. The zero-order valence-electron chi connectivity index (χ0n) is 8.29. The SMILES string of the molecule is N#CNCC[N+]1(CNC#N)CCCC1. The second-order valence-electron chi connectivity index (χ2n) is 3.70. The van der Waals surface area contributed by atoms with Gasteiger partial charge in [-0.3, -0.25) is 5.32 Å². The zero-order valence-corrected chi connectivity index (χ0v) is 8.29. The highest BCUT2D eigenvalue weighted by Crippen LogP contribution is 2.17. The van der Waals surface area contributed by atoms with E-state index in [4.69, 9.17) is 10.5 Å². The van der Waals surface area contributed by atoms with Gasteiger partial charge in [-0.15, -0.1) is 0 Å². The van der Waals surface area contributed by atoms with Crippen LogP contribution in [0.3, 0.4) is 0 Å². The topological polar surface area (TPSA) is 71.6 Å². The first-order valence-corrected chi connectivity index (χ1v) is 4.92. The number of nitriles is 2. The van der Waals surface area contributed by atoms with E-state index >= 15 is 0 Å². The molecule has 0 atom stereocenters. The van der Waals surface area contributed by atoms with Crippen molar-refractivity contribution < 1.29 is 4.48 Å². The Labute approximate surface area is 84.5 Å². The van der Waals surface area contributed by atoms with Gasteiger partial charge in [-0.2, -0.15) is 10.5 Å². The first kappa shape index (κ1) is 10.6. The van der Waals surface area contributed by atoms with Gasteiger partial charge in [-0.25, -0.2) is 0 Å². The van der Waals surface area contributed by atoms with Gasteiger partial charge in [0.15, 0.2) is 19.1 Å². The van der Waals surface area contributed by atoms with Crippen LogP contribution in [0.1, 0.15) is 12.8 Å². The lowest BCUT2D eigenvalue weighted by Crippen LogP contribution is -2.52. The average Bonchev–Trinajstić information content (AvgIpc) is 2.65. The van der Waals surface area contributed by atoms with Crippen molar-refractivity contribution in [3.8, 4) is 12.4 Å². The summed E-state index contributed by atoms with van der Waals surface area (Å²) in [6.45, 7) is 4.54. The first-order valence-electron chi connectivity index (χ1n) is 4.92. The maximum atomic E-state index is 8.47. The molecule has 5 heteroatoms. The normalized spacial score (nSPS) is 18.1. The number of quaternary nitrogens is 1. The Morgan fingerprint density at radius 2 is 1.71 bits per heavy atom. The van der Waals surface area contributed by atoms with Crippen molar-refractivity contribution in [2.45, 2.75) is 12.8 Å². The molecule has 0 spiro atoms. The second kappa shape index (κ2) is 5.31. The van der Waals surface area contributed by atoms with Gasteiger partial charge in [0.2, 0.25) is 0 Å². The number of likely N-dealkylation sites (tertiary alicyclic amines) is 1. The standard InChI is InChI=1S/C9H16N5/c10-7-12-3-6-14(9-13-8-11)4-1-2-5-14/h12-13H,1-6,9H2/q+1. The van der Waals surface area contributed by atoms with Crippen LogP contribution in [0, 0.1) is 22.9 Å². The van der Waals surface area contributed by atoms with Gasteiger partial charge in [0, 0.05) is 12.8 Å². The van der Waals surface area contributed by atoms with E-state index in [0.717, 1.165) is 24.1 Å². The van der Waals surface area contributed by atoms with Crippen molar-refractivity contribution >= 4 is 0 Å². The largest absolute Gasteiger partial charge is 0.318 e. The van der Waals surface area contributed by atoms with Crippen molar-refractivity contribution in [3.63, 3.8) is 0 Å². The summed E-state index contributed by atoms with van der Waals surface area (Å²) < 4.78 is 0.919. The molecule has 0 aliphatic carbocycles. The molecule has 0 aromatic carbocycles.